The normalized spacial score (nSPS) is 7.27. The van der Waals surface area contributed by atoms with E-state index in [1.165, 1.54) is 0 Å². The topological polar surface area (TPSA) is 77.4 Å². The van der Waals surface area contributed by atoms with Gasteiger partial charge in [0.2, 0.25) is 0 Å². The quantitative estimate of drug-likeness (QED) is 0.414. The first-order valence-electron chi connectivity index (χ1n) is 2.78. The van der Waals surface area contributed by atoms with E-state index < -0.39 is 11.9 Å². The van der Waals surface area contributed by atoms with Gasteiger partial charge in [0, 0.05) is 12.9 Å². The molecule has 11 heavy (non-hydrogen) atoms. The number of carbonyl (C=O) groups is 2. The summed E-state index contributed by atoms with van der Waals surface area (Å²) < 4.78 is 0. The molecule has 0 saturated carbocycles. The summed E-state index contributed by atoms with van der Waals surface area (Å²) in [5.41, 5.74) is 0. The van der Waals surface area contributed by atoms with Gasteiger partial charge in [-0.25, -0.2) is 0 Å². The minimum absolute atomic E-state index is 0. The minimum Gasteiger partial charge on any atom is -0.550 e. The summed E-state index contributed by atoms with van der Waals surface area (Å²) in [4.78, 5) is 18.6. The van der Waals surface area contributed by atoms with Crippen molar-refractivity contribution >= 4 is 11.9 Å². The molecular weight excluding hydrogens is 159 g/mol. The standard InChI is InChI=1S/C4H8O2.C2H4O2.Na/c1-3(2)4(5)6;1-2(3)4;/h3H,1-2H3,(H,5,6);1H3,(H,3,4);/q;;+1/p-1. The molecule has 0 unspecified atom stereocenters. The summed E-state index contributed by atoms with van der Waals surface area (Å²) >= 11 is 0. The first-order chi connectivity index (χ1) is 4.37. The fourth-order valence-corrected chi connectivity index (χ4v) is 0. The number of hydrogen-bond donors (Lipinski definition) is 1. The number of carbonyl (C=O) groups excluding carboxylic acids is 1. The van der Waals surface area contributed by atoms with Crippen molar-refractivity contribution in [1.29, 1.82) is 0 Å². The summed E-state index contributed by atoms with van der Waals surface area (Å²) in [7, 11) is 0. The zero-order chi connectivity index (χ0) is 8.73. The molecule has 0 heterocycles. The Morgan fingerprint density at radius 3 is 1.45 bits per heavy atom. The molecule has 0 aromatic rings. The summed E-state index contributed by atoms with van der Waals surface area (Å²) in [6.45, 7) is 4.24. The Hall–Kier alpha value is -0.0600. The summed E-state index contributed by atoms with van der Waals surface area (Å²) in [6, 6.07) is 0. The van der Waals surface area contributed by atoms with Gasteiger partial charge in [-0.1, -0.05) is 13.8 Å². The van der Waals surface area contributed by atoms with E-state index >= 15 is 0 Å². The Bertz CT molecular complexity index is 118. The first kappa shape index (κ1) is 17.1. The molecule has 0 spiro atoms. The third kappa shape index (κ3) is 40.4. The summed E-state index contributed by atoms with van der Waals surface area (Å²) in [5.74, 6) is -2.17. The van der Waals surface area contributed by atoms with Gasteiger partial charge in [-0.2, -0.15) is 0 Å². The van der Waals surface area contributed by atoms with Crippen LogP contribution in [0.15, 0.2) is 0 Å². The zero-order valence-corrected chi connectivity index (χ0v) is 9.25. The van der Waals surface area contributed by atoms with Gasteiger partial charge in [-0.3, -0.25) is 4.79 Å². The zero-order valence-electron chi connectivity index (χ0n) is 7.25. The van der Waals surface area contributed by atoms with Crippen LogP contribution in [-0.2, 0) is 9.59 Å². The van der Waals surface area contributed by atoms with Gasteiger partial charge in [-0.15, -0.1) is 0 Å². The molecule has 0 aromatic carbocycles. The maximum absolute atomic E-state index is 9.59. The van der Waals surface area contributed by atoms with Crippen LogP contribution >= 0.6 is 0 Å². The molecule has 0 aliphatic carbocycles. The molecule has 0 amide bonds. The molecule has 0 fully saturated rings. The van der Waals surface area contributed by atoms with Crippen LogP contribution in [-0.4, -0.2) is 17.0 Å². The molecule has 0 saturated heterocycles. The van der Waals surface area contributed by atoms with Gasteiger partial charge in [-0.05, 0) is 5.92 Å². The second-order valence-electron chi connectivity index (χ2n) is 1.99. The van der Waals surface area contributed by atoms with Crippen LogP contribution in [0.2, 0.25) is 0 Å². The summed E-state index contributed by atoms with van der Waals surface area (Å²) in [6.07, 6.45) is 0. The molecule has 0 atom stereocenters. The molecular formula is C6H11NaO4. The second kappa shape index (κ2) is 9.94. The molecule has 60 valence electrons. The maximum Gasteiger partial charge on any atom is 1.00 e. The minimum atomic E-state index is -0.991. The van der Waals surface area contributed by atoms with Crippen LogP contribution in [0.5, 0.6) is 0 Å². The van der Waals surface area contributed by atoms with Crippen molar-refractivity contribution in [3.8, 4) is 0 Å². The van der Waals surface area contributed by atoms with Crippen molar-refractivity contribution < 1.29 is 49.4 Å². The number of carboxylic acids is 2. The number of hydrogen-bond acceptors (Lipinski definition) is 3. The van der Waals surface area contributed by atoms with Crippen molar-refractivity contribution in [1.82, 2.24) is 0 Å². The van der Waals surface area contributed by atoms with Crippen molar-refractivity contribution in [2.24, 2.45) is 5.92 Å². The molecule has 0 bridgehead atoms. The third-order valence-corrected chi connectivity index (χ3v) is 0.471. The summed E-state index contributed by atoms with van der Waals surface area (Å²) in [5, 5.41) is 17.0. The van der Waals surface area contributed by atoms with Crippen molar-refractivity contribution in [3.63, 3.8) is 0 Å². The van der Waals surface area contributed by atoms with E-state index in [9.17, 15) is 9.90 Å². The van der Waals surface area contributed by atoms with E-state index in [1.807, 2.05) is 0 Å². The molecule has 4 nitrogen and oxygen atoms in total. The maximum atomic E-state index is 9.59. The van der Waals surface area contributed by atoms with Crippen LogP contribution in [0.1, 0.15) is 20.8 Å². The van der Waals surface area contributed by atoms with Crippen molar-refractivity contribution in [2.45, 2.75) is 20.8 Å². The fourth-order valence-electron chi connectivity index (χ4n) is 0. The average molecular weight is 170 g/mol. The van der Waals surface area contributed by atoms with Gasteiger partial charge >= 0.3 is 29.6 Å². The third-order valence-electron chi connectivity index (χ3n) is 0.471. The molecule has 0 aromatic heterocycles. The Balaban J connectivity index is -0.000000114. The van der Waals surface area contributed by atoms with Gasteiger partial charge < -0.3 is 15.0 Å². The SMILES string of the molecule is CC(=O)O.CC(C)C(=O)[O-].[Na+]. The van der Waals surface area contributed by atoms with E-state index in [-0.39, 0.29) is 35.5 Å². The number of aliphatic carboxylic acids is 2. The average Bonchev–Trinajstić information content (AvgIpc) is 1.63. The van der Waals surface area contributed by atoms with Crippen LogP contribution in [0.4, 0.5) is 0 Å². The van der Waals surface area contributed by atoms with Crippen LogP contribution in [0.3, 0.4) is 0 Å². The van der Waals surface area contributed by atoms with E-state index in [2.05, 4.69) is 0 Å². The van der Waals surface area contributed by atoms with E-state index in [1.54, 1.807) is 13.8 Å². The Labute approximate surface area is 87.9 Å². The second-order valence-corrected chi connectivity index (χ2v) is 1.99. The van der Waals surface area contributed by atoms with Crippen LogP contribution < -0.4 is 34.7 Å². The molecule has 0 rings (SSSR count). The molecule has 0 aliphatic rings. The Morgan fingerprint density at radius 2 is 1.45 bits per heavy atom. The molecule has 5 heteroatoms. The van der Waals surface area contributed by atoms with Gasteiger partial charge in [0.25, 0.3) is 5.97 Å². The van der Waals surface area contributed by atoms with Crippen molar-refractivity contribution in [3.05, 3.63) is 0 Å². The van der Waals surface area contributed by atoms with E-state index in [0.717, 1.165) is 6.92 Å². The van der Waals surface area contributed by atoms with E-state index in [0.29, 0.717) is 0 Å². The largest absolute Gasteiger partial charge is 1.00 e. The Morgan fingerprint density at radius 1 is 1.36 bits per heavy atom. The van der Waals surface area contributed by atoms with Gasteiger partial charge in [0.1, 0.15) is 0 Å². The first-order valence-corrected chi connectivity index (χ1v) is 2.78. The fraction of sp³-hybridized carbons (Fsp3) is 0.667. The van der Waals surface area contributed by atoms with Crippen molar-refractivity contribution in [2.75, 3.05) is 0 Å². The molecule has 0 aliphatic heterocycles. The van der Waals surface area contributed by atoms with Crippen LogP contribution in [0.25, 0.3) is 0 Å². The molecule has 0 radical (unpaired) electrons. The van der Waals surface area contributed by atoms with E-state index in [4.69, 9.17) is 9.90 Å². The number of carboxylic acid groups (broad SMARTS) is 2. The predicted molar refractivity (Wildman–Crippen MR) is 33.2 cm³/mol. The van der Waals surface area contributed by atoms with Crippen LogP contribution in [0, 0.1) is 5.92 Å². The predicted octanol–water partition coefficient (Wildman–Crippen LogP) is -3.51. The van der Waals surface area contributed by atoms with Gasteiger partial charge in [0.05, 0.1) is 0 Å². The number of rotatable bonds is 1. The monoisotopic (exact) mass is 170 g/mol. The Kier molecular flexibility index (Phi) is 15.5. The molecule has 1 N–H and O–H groups in total. The van der Waals surface area contributed by atoms with Gasteiger partial charge in [0.15, 0.2) is 0 Å². The smallest absolute Gasteiger partial charge is 0.550 e.